The fourth-order valence-corrected chi connectivity index (χ4v) is 1.83. The maximum atomic E-state index is 11.7. The molecular formula is C11H14N2O2. The fraction of sp³-hybridized carbons (Fsp3) is 0.364. The molecule has 0 fully saturated rings. The lowest BCUT2D eigenvalue weighted by Gasteiger charge is -2.16. The third-order valence-electron chi connectivity index (χ3n) is 2.56. The van der Waals surface area contributed by atoms with Crippen LogP contribution in [0.15, 0.2) is 18.2 Å². The number of ether oxygens (including phenoxy) is 1. The molecular weight excluding hydrogens is 192 g/mol. The predicted molar refractivity (Wildman–Crippen MR) is 58.8 cm³/mol. The van der Waals surface area contributed by atoms with E-state index in [-0.39, 0.29) is 5.91 Å². The van der Waals surface area contributed by atoms with Crippen molar-refractivity contribution in [2.45, 2.75) is 6.42 Å². The number of rotatable bonds is 3. The quantitative estimate of drug-likeness (QED) is 0.744. The minimum atomic E-state index is 0.118. The third kappa shape index (κ3) is 1.80. The van der Waals surface area contributed by atoms with E-state index >= 15 is 0 Å². The Morgan fingerprint density at radius 1 is 1.53 bits per heavy atom. The number of carbonyl (C=O) groups excluding carboxylic acids is 1. The standard InChI is InChI=1S/C11H14N2O2/c1-15-5-4-13-10-3-2-9(12)6-8(10)7-11(13)14/h2-3,6H,4-5,7,12H2,1H3. The highest BCUT2D eigenvalue weighted by Gasteiger charge is 2.26. The molecule has 1 aromatic rings. The summed E-state index contributed by atoms with van der Waals surface area (Å²) in [5.41, 5.74) is 8.35. The summed E-state index contributed by atoms with van der Waals surface area (Å²) in [4.78, 5) is 13.4. The van der Waals surface area contributed by atoms with Crippen LogP contribution < -0.4 is 10.6 Å². The van der Waals surface area contributed by atoms with Gasteiger partial charge in [-0.3, -0.25) is 4.79 Å². The predicted octanol–water partition coefficient (Wildman–Crippen LogP) is 0.804. The second-order valence-electron chi connectivity index (χ2n) is 3.60. The highest BCUT2D eigenvalue weighted by atomic mass is 16.5. The van der Waals surface area contributed by atoms with E-state index in [4.69, 9.17) is 10.5 Å². The molecule has 1 aliphatic heterocycles. The number of hydrogen-bond donors (Lipinski definition) is 1. The second kappa shape index (κ2) is 3.90. The topological polar surface area (TPSA) is 55.6 Å². The molecule has 2 rings (SSSR count). The van der Waals surface area contributed by atoms with Gasteiger partial charge in [-0.05, 0) is 23.8 Å². The smallest absolute Gasteiger partial charge is 0.231 e. The molecule has 1 heterocycles. The zero-order chi connectivity index (χ0) is 10.8. The average molecular weight is 206 g/mol. The molecule has 0 spiro atoms. The Morgan fingerprint density at radius 2 is 2.33 bits per heavy atom. The largest absolute Gasteiger partial charge is 0.399 e. The highest BCUT2D eigenvalue weighted by Crippen LogP contribution is 2.29. The Hall–Kier alpha value is -1.55. The Kier molecular flexibility index (Phi) is 2.60. The van der Waals surface area contributed by atoms with Crippen molar-refractivity contribution in [2.75, 3.05) is 30.9 Å². The van der Waals surface area contributed by atoms with Crippen LogP contribution in [0.4, 0.5) is 11.4 Å². The minimum Gasteiger partial charge on any atom is -0.399 e. The number of fused-ring (bicyclic) bond motifs is 1. The molecule has 0 saturated carbocycles. The number of anilines is 2. The maximum absolute atomic E-state index is 11.7. The molecule has 0 bridgehead atoms. The summed E-state index contributed by atoms with van der Waals surface area (Å²) in [5.74, 6) is 0.118. The lowest BCUT2D eigenvalue weighted by atomic mass is 10.1. The van der Waals surface area contributed by atoms with Gasteiger partial charge >= 0.3 is 0 Å². The fourth-order valence-electron chi connectivity index (χ4n) is 1.83. The summed E-state index contributed by atoms with van der Waals surface area (Å²) >= 11 is 0. The van der Waals surface area contributed by atoms with E-state index in [9.17, 15) is 4.79 Å². The molecule has 0 saturated heterocycles. The molecule has 0 radical (unpaired) electrons. The average Bonchev–Trinajstić information content (AvgIpc) is 2.50. The van der Waals surface area contributed by atoms with Crippen LogP contribution in [0.2, 0.25) is 0 Å². The van der Waals surface area contributed by atoms with Crippen LogP contribution >= 0.6 is 0 Å². The van der Waals surface area contributed by atoms with Gasteiger partial charge in [-0.25, -0.2) is 0 Å². The van der Waals surface area contributed by atoms with Crippen LogP contribution in [0.3, 0.4) is 0 Å². The zero-order valence-electron chi connectivity index (χ0n) is 8.69. The first kappa shape index (κ1) is 9.98. The van der Waals surface area contributed by atoms with E-state index in [2.05, 4.69) is 0 Å². The minimum absolute atomic E-state index is 0.118. The van der Waals surface area contributed by atoms with E-state index in [1.807, 2.05) is 18.2 Å². The van der Waals surface area contributed by atoms with Crippen LogP contribution in [0.5, 0.6) is 0 Å². The Morgan fingerprint density at radius 3 is 3.07 bits per heavy atom. The summed E-state index contributed by atoms with van der Waals surface area (Å²) in [6.45, 7) is 1.15. The maximum Gasteiger partial charge on any atom is 0.231 e. The first-order valence-corrected chi connectivity index (χ1v) is 4.90. The van der Waals surface area contributed by atoms with Crippen LogP contribution in [0.25, 0.3) is 0 Å². The molecule has 0 aliphatic carbocycles. The summed E-state index contributed by atoms with van der Waals surface area (Å²) in [7, 11) is 1.63. The van der Waals surface area contributed by atoms with Crippen LogP contribution in [0, 0.1) is 0 Å². The van der Waals surface area contributed by atoms with Gasteiger partial charge in [0.2, 0.25) is 5.91 Å². The third-order valence-corrected chi connectivity index (χ3v) is 2.56. The van der Waals surface area contributed by atoms with Crippen molar-refractivity contribution in [3.63, 3.8) is 0 Å². The number of carbonyl (C=O) groups is 1. The van der Waals surface area contributed by atoms with Crippen LogP contribution in [-0.4, -0.2) is 26.2 Å². The number of benzene rings is 1. The van der Waals surface area contributed by atoms with Crippen LogP contribution in [-0.2, 0) is 16.0 Å². The lowest BCUT2D eigenvalue weighted by molar-refractivity contribution is -0.117. The first-order valence-electron chi connectivity index (χ1n) is 4.90. The van der Waals surface area contributed by atoms with Gasteiger partial charge < -0.3 is 15.4 Å². The summed E-state index contributed by atoms with van der Waals surface area (Å²) in [6, 6.07) is 5.57. The molecule has 15 heavy (non-hydrogen) atoms. The number of methoxy groups -OCH3 is 1. The number of nitrogens with zero attached hydrogens (tertiary/aromatic N) is 1. The molecule has 1 aliphatic rings. The van der Waals surface area contributed by atoms with E-state index < -0.39 is 0 Å². The van der Waals surface area contributed by atoms with Crippen molar-refractivity contribution in [3.8, 4) is 0 Å². The number of nitrogens with two attached hydrogens (primary N) is 1. The van der Waals surface area contributed by atoms with E-state index in [0.29, 0.717) is 25.3 Å². The van der Waals surface area contributed by atoms with E-state index in [1.54, 1.807) is 12.0 Å². The summed E-state index contributed by atoms with van der Waals surface area (Å²) in [5, 5.41) is 0. The van der Waals surface area contributed by atoms with Gasteiger partial charge in [0.15, 0.2) is 0 Å². The molecule has 1 amide bonds. The van der Waals surface area contributed by atoms with Gasteiger partial charge in [-0.2, -0.15) is 0 Å². The van der Waals surface area contributed by atoms with Gasteiger partial charge in [-0.1, -0.05) is 0 Å². The van der Waals surface area contributed by atoms with Crippen molar-refractivity contribution < 1.29 is 9.53 Å². The summed E-state index contributed by atoms with van der Waals surface area (Å²) in [6.07, 6.45) is 0.448. The van der Waals surface area contributed by atoms with E-state index in [1.165, 1.54) is 0 Å². The lowest BCUT2D eigenvalue weighted by Crippen LogP contribution is -2.30. The van der Waals surface area contributed by atoms with Crippen molar-refractivity contribution in [1.82, 2.24) is 0 Å². The van der Waals surface area contributed by atoms with Gasteiger partial charge in [0.1, 0.15) is 0 Å². The van der Waals surface area contributed by atoms with Gasteiger partial charge in [0.05, 0.1) is 13.0 Å². The molecule has 80 valence electrons. The molecule has 0 aromatic heterocycles. The summed E-state index contributed by atoms with van der Waals surface area (Å²) < 4.78 is 4.97. The Balaban J connectivity index is 2.25. The number of nitrogen functional groups attached to an aromatic ring is 1. The van der Waals surface area contributed by atoms with Crippen molar-refractivity contribution in [2.24, 2.45) is 0 Å². The monoisotopic (exact) mass is 206 g/mol. The van der Waals surface area contributed by atoms with Crippen molar-refractivity contribution in [1.29, 1.82) is 0 Å². The SMILES string of the molecule is COCCN1C(=O)Cc2cc(N)ccc21. The zero-order valence-corrected chi connectivity index (χ0v) is 8.69. The number of amides is 1. The molecule has 1 aromatic carbocycles. The first-order chi connectivity index (χ1) is 7.22. The van der Waals surface area contributed by atoms with Gasteiger partial charge in [0.25, 0.3) is 0 Å². The normalized spacial score (nSPS) is 14.5. The molecule has 2 N–H and O–H groups in total. The Bertz CT molecular complexity index is 390. The second-order valence-corrected chi connectivity index (χ2v) is 3.60. The van der Waals surface area contributed by atoms with Gasteiger partial charge in [-0.15, -0.1) is 0 Å². The Labute approximate surface area is 88.6 Å². The molecule has 0 unspecified atom stereocenters. The van der Waals surface area contributed by atoms with Crippen molar-refractivity contribution in [3.05, 3.63) is 23.8 Å². The van der Waals surface area contributed by atoms with Crippen molar-refractivity contribution >= 4 is 17.3 Å². The van der Waals surface area contributed by atoms with Crippen LogP contribution in [0.1, 0.15) is 5.56 Å². The van der Waals surface area contributed by atoms with Gasteiger partial charge in [0, 0.05) is 25.0 Å². The highest BCUT2D eigenvalue weighted by molar-refractivity contribution is 6.01. The number of hydrogen-bond acceptors (Lipinski definition) is 3. The molecule has 0 atom stereocenters. The van der Waals surface area contributed by atoms with E-state index in [0.717, 1.165) is 11.3 Å². The molecule has 4 heteroatoms. The molecule has 4 nitrogen and oxygen atoms in total.